The van der Waals surface area contributed by atoms with Crippen LogP contribution >= 0.6 is 11.8 Å². The van der Waals surface area contributed by atoms with E-state index in [-0.39, 0.29) is 34.6 Å². The lowest BCUT2D eigenvalue weighted by molar-refractivity contribution is -0.120. The third kappa shape index (κ3) is 4.33. The Kier molecular flexibility index (Phi) is 5.40. The number of fused-ring (bicyclic) bond motifs is 1. The van der Waals surface area contributed by atoms with Gasteiger partial charge in [-0.1, -0.05) is 43.8 Å². The van der Waals surface area contributed by atoms with Crippen molar-refractivity contribution in [1.29, 1.82) is 0 Å². The Morgan fingerprint density at radius 2 is 1.72 bits per heavy atom. The predicted molar refractivity (Wildman–Crippen MR) is 117 cm³/mol. The van der Waals surface area contributed by atoms with Gasteiger partial charge >= 0.3 is 0 Å². The van der Waals surface area contributed by atoms with Crippen molar-refractivity contribution in [2.45, 2.75) is 25.1 Å². The summed E-state index contributed by atoms with van der Waals surface area (Å²) in [5.41, 5.74) is 0.804. The minimum Gasteiger partial charge on any atom is -0.457 e. The van der Waals surface area contributed by atoms with Crippen LogP contribution in [0.3, 0.4) is 0 Å². The molecule has 2 aromatic rings. The molecule has 4 rings (SSSR count). The van der Waals surface area contributed by atoms with Gasteiger partial charge in [-0.3, -0.25) is 4.79 Å². The van der Waals surface area contributed by atoms with Crippen molar-refractivity contribution >= 4 is 38.4 Å². The number of rotatable bonds is 4. The molecule has 2 aliphatic rings. The normalized spacial score (nSPS) is 24.1. The molecule has 0 saturated carbocycles. The zero-order valence-corrected chi connectivity index (χ0v) is 17.8. The molecule has 0 radical (unpaired) electrons. The third-order valence-electron chi connectivity index (χ3n) is 4.86. The Morgan fingerprint density at radius 1 is 1.07 bits per heavy atom. The van der Waals surface area contributed by atoms with Crippen molar-refractivity contribution in [3.05, 3.63) is 54.6 Å². The number of carbonyl (C=O) groups is 1. The Labute approximate surface area is 174 Å². The Hall–Kier alpha value is -2.32. The van der Waals surface area contributed by atoms with Crippen molar-refractivity contribution in [2.24, 2.45) is 10.9 Å². The van der Waals surface area contributed by atoms with Gasteiger partial charge in [0.1, 0.15) is 11.5 Å². The molecular formula is C21H22N2O4S2. The number of thioether (sulfide) groups is 1. The molecule has 0 aliphatic carbocycles. The van der Waals surface area contributed by atoms with Crippen LogP contribution < -0.4 is 9.64 Å². The summed E-state index contributed by atoms with van der Waals surface area (Å²) in [5.74, 6) is 1.19. The van der Waals surface area contributed by atoms with Gasteiger partial charge in [-0.15, -0.1) is 0 Å². The number of sulfone groups is 1. The first-order chi connectivity index (χ1) is 13.8. The smallest absolute Gasteiger partial charge is 0.250 e. The zero-order chi connectivity index (χ0) is 20.6. The van der Waals surface area contributed by atoms with Gasteiger partial charge in [0, 0.05) is 16.9 Å². The maximum absolute atomic E-state index is 12.2. The van der Waals surface area contributed by atoms with Crippen LogP contribution in [0.2, 0.25) is 0 Å². The summed E-state index contributed by atoms with van der Waals surface area (Å²) in [7, 11) is -3.09. The molecular weight excluding hydrogens is 408 g/mol. The summed E-state index contributed by atoms with van der Waals surface area (Å²) in [6.45, 7) is 3.61. The number of benzene rings is 2. The average molecular weight is 431 g/mol. The second kappa shape index (κ2) is 7.84. The van der Waals surface area contributed by atoms with Gasteiger partial charge in [0.25, 0.3) is 5.91 Å². The van der Waals surface area contributed by atoms with Crippen molar-refractivity contribution in [1.82, 2.24) is 0 Å². The molecule has 2 aromatic carbocycles. The van der Waals surface area contributed by atoms with Crippen LogP contribution in [-0.4, -0.2) is 42.3 Å². The lowest BCUT2D eigenvalue weighted by atomic mass is 10.2. The number of amides is 1. The number of carbonyl (C=O) groups excluding carboxylic acids is 1. The van der Waals surface area contributed by atoms with Crippen LogP contribution in [0.15, 0.2) is 59.6 Å². The fourth-order valence-corrected chi connectivity index (χ4v) is 7.31. The maximum atomic E-state index is 12.2. The van der Waals surface area contributed by atoms with Gasteiger partial charge < -0.3 is 9.64 Å². The Balaban J connectivity index is 1.63. The van der Waals surface area contributed by atoms with E-state index < -0.39 is 9.84 Å². The van der Waals surface area contributed by atoms with E-state index in [9.17, 15) is 13.2 Å². The number of amidine groups is 1. The second-order valence-electron chi connectivity index (χ2n) is 7.47. The first-order valence-corrected chi connectivity index (χ1v) is 12.1. The molecule has 152 valence electrons. The average Bonchev–Trinajstić information content (AvgIpc) is 3.14. The third-order valence-corrected chi connectivity index (χ3v) is 8.07. The fourth-order valence-electron chi connectivity index (χ4n) is 3.39. The molecule has 0 N–H and O–H groups in total. The molecule has 2 saturated heterocycles. The fraction of sp³-hybridized carbons (Fsp3) is 0.333. The number of anilines is 1. The maximum Gasteiger partial charge on any atom is 0.250 e. The van der Waals surface area contributed by atoms with Crippen LogP contribution in [0, 0.1) is 5.92 Å². The van der Waals surface area contributed by atoms with Crippen molar-refractivity contribution < 1.29 is 17.9 Å². The van der Waals surface area contributed by atoms with E-state index in [0.29, 0.717) is 10.9 Å². The minimum absolute atomic E-state index is 0.0713. The van der Waals surface area contributed by atoms with Crippen LogP contribution in [0.5, 0.6) is 11.5 Å². The summed E-state index contributed by atoms with van der Waals surface area (Å²) in [6.07, 6.45) is 0. The summed E-state index contributed by atoms with van der Waals surface area (Å²) in [6, 6.07) is 16.7. The Morgan fingerprint density at radius 3 is 2.38 bits per heavy atom. The molecule has 2 aliphatic heterocycles. The van der Waals surface area contributed by atoms with Gasteiger partial charge in [0.05, 0.1) is 17.5 Å². The second-order valence-corrected chi connectivity index (χ2v) is 10.8. The first-order valence-electron chi connectivity index (χ1n) is 9.44. The minimum atomic E-state index is -3.09. The van der Waals surface area contributed by atoms with E-state index >= 15 is 0 Å². The molecule has 6 nitrogen and oxygen atoms in total. The molecule has 29 heavy (non-hydrogen) atoms. The molecule has 2 atom stereocenters. The molecule has 2 heterocycles. The molecule has 0 aromatic heterocycles. The number of aliphatic imine (C=N–C) groups is 1. The molecule has 0 bridgehead atoms. The van der Waals surface area contributed by atoms with Gasteiger partial charge in [-0.05, 0) is 36.4 Å². The first kappa shape index (κ1) is 20.0. The topological polar surface area (TPSA) is 76.0 Å². The van der Waals surface area contributed by atoms with Crippen molar-refractivity contribution in [2.75, 3.05) is 16.4 Å². The van der Waals surface area contributed by atoms with E-state index in [2.05, 4.69) is 4.99 Å². The lowest BCUT2D eigenvalue weighted by Gasteiger charge is -2.24. The highest BCUT2D eigenvalue weighted by atomic mass is 32.2. The van der Waals surface area contributed by atoms with Gasteiger partial charge in [0.15, 0.2) is 15.0 Å². The number of hydrogen-bond donors (Lipinski definition) is 0. The highest BCUT2D eigenvalue weighted by Crippen LogP contribution is 2.41. The molecule has 1 amide bonds. The molecule has 8 heteroatoms. The van der Waals surface area contributed by atoms with Crippen LogP contribution in [0.25, 0.3) is 0 Å². The number of para-hydroxylation sites is 1. The summed E-state index contributed by atoms with van der Waals surface area (Å²) in [5, 5.41) is 0.462. The highest BCUT2D eigenvalue weighted by molar-refractivity contribution is 8.16. The number of hydrogen-bond acceptors (Lipinski definition) is 5. The monoisotopic (exact) mass is 430 g/mol. The Bertz CT molecular complexity index is 1030. The zero-order valence-electron chi connectivity index (χ0n) is 16.2. The number of ether oxygens (including phenoxy) is 1. The highest BCUT2D eigenvalue weighted by Gasteiger charge is 2.49. The van der Waals surface area contributed by atoms with Crippen molar-refractivity contribution in [3.63, 3.8) is 0 Å². The molecule has 2 fully saturated rings. The van der Waals surface area contributed by atoms with E-state index in [1.165, 1.54) is 11.8 Å². The summed E-state index contributed by atoms with van der Waals surface area (Å²) >= 11 is 1.38. The van der Waals surface area contributed by atoms with Crippen LogP contribution in [-0.2, 0) is 14.6 Å². The van der Waals surface area contributed by atoms with E-state index in [0.717, 1.165) is 11.4 Å². The molecule has 0 unspecified atom stereocenters. The van der Waals surface area contributed by atoms with Crippen LogP contribution in [0.4, 0.5) is 5.69 Å². The van der Waals surface area contributed by atoms with Crippen molar-refractivity contribution in [3.8, 4) is 11.5 Å². The van der Waals surface area contributed by atoms with E-state index in [1.807, 2.05) is 59.5 Å². The largest absolute Gasteiger partial charge is 0.457 e. The summed E-state index contributed by atoms with van der Waals surface area (Å²) in [4.78, 5) is 18.4. The lowest BCUT2D eigenvalue weighted by Crippen LogP contribution is -2.37. The SMILES string of the molecule is CC(C)C(=O)N=C1S[C@H]2CS(=O)(=O)C[C@@H]2N1c1ccc(Oc2ccccc2)cc1. The van der Waals surface area contributed by atoms with Gasteiger partial charge in [-0.25, -0.2) is 8.42 Å². The van der Waals surface area contributed by atoms with E-state index in [4.69, 9.17) is 4.74 Å². The standard InChI is InChI=1S/C21H22N2O4S2/c1-14(2)20(24)22-21-23(18-12-29(25,26)13-19(18)28-21)15-8-10-17(11-9-15)27-16-6-4-3-5-7-16/h3-11,14,18-19H,12-13H2,1-2H3/t18-,19-/m0/s1. The van der Waals surface area contributed by atoms with Gasteiger partial charge in [-0.2, -0.15) is 4.99 Å². The van der Waals surface area contributed by atoms with Gasteiger partial charge in [0.2, 0.25) is 0 Å². The summed E-state index contributed by atoms with van der Waals surface area (Å²) < 4.78 is 30.1. The number of nitrogens with zero attached hydrogens (tertiary/aromatic N) is 2. The molecule has 0 spiro atoms. The quantitative estimate of drug-likeness (QED) is 0.736. The predicted octanol–water partition coefficient (Wildman–Crippen LogP) is 3.74. The van der Waals surface area contributed by atoms with E-state index in [1.54, 1.807) is 13.8 Å². The van der Waals surface area contributed by atoms with Crippen LogP contribution in [0.1, 0.15) is 13.8 Å².